The van der Waals surface area contributed by atoms with Gasteiger partial charge in [-0.25, -0.2) is 4.99 Å². The van der Waals surface area contributed by atoms with Crippen molar-refractivity contribution in [1.82, 2.24) is 0 Å². The average molecular weight is 271 g/mol. The van der Waals surface area contributed by atoms with Crippen molar-refractivity contribution in [2.45, 2.75) is 30.9 Å². The largest absolute Gasteiger partial charge is 0.475 e. The monoisotopic (exact) mass is 271 g/mol. The zero-order valence-electron chi connectivity index (χ0n) is 11.7. The number of nitrogens with zero attached hydrogens (tertiary/aromatic N) is 1. The molecule has 2 rings (SSSR count). The summed E-state index contributed by atoms with van der Waals surface area (Å²) in [5, 5.41) is 10.6. The first-order valence-electron chi connectivity index (χ1n) is 6.87. The second-order valence-electron chi connectivity index (χ2n) is 5.18. The molecule has 0 amide bonds. The summed E-state index contributed by atoms with van der Waals surface area (Å²) >= 11 is 0. The topological polar surface area (TPSA) is 41.8 Å². The summed E-state index contributed by atoms with van der Waals surface area (Å²) < 4.78 is 5.64. The Bertz CT molecular complexity index is 483. The van der Waals surface area contributed by atoms with Crippen LogP contribution < -0.4 is 0 Å². The lowest BCUT2D eigenvalue weighted by atomic mass is 9.88. The maximum Gasteiger partial charge on any atom is 0.216 e. The van der Waals surface area contributed by atoms with Gasteiger partial charge in [-0.3, -0.25) is 0 Å². The predicted octanol–water partition coefficient (Wildman–Crippen LogP) is 3.11. The van der Waals surface area contributed by atoms with Gasteiger partial charge >= 0.3 is 0 Å². The number of aliphatic imine (C=N–C) groups is 1. The molecule has 3 heteroatoms. The summed E-state index contributed by atoms with van der Waals surface area (Å²) in [6, 6.07) is 9.81. The molecule has 1 heterocycles. The normalized spacial score (nSPS) is 18.2. The molecule has 0 saturated carbocycles. The maximum atomic E-state index is 10.6. The van der Waals surface area contributed by atoms with E-state index in [4.69, 9.17) is 4.74 Å². The molecule has 0 spiro atoms. The van der Waals surface area contributed by atoms with E-state index >= 15 is 0 Å². The molecule has 20 heavy (non-hydrogen) atoms. The van der Waals surface area contributed by atoms with Crippen LogP contribution in [-0.4, -0.2) is 29.3 Å². The fourth-order valence-corrected chi connectivity index (χ4v) is 2.48. The van der Waals surface area contributed by atoms with Crippen LogP contribution in [0.4, 0.5) is 0 Å². The van der Waals surface area contributed by atoms with Crippen molar-refractivity contribution in [3.05, 3.63) is 61.2 Å². The molecule has 1 aromatic rings. The summed E-state index contributed by atoms with van der Waals surface area (Å²) in [5.41, 5.74) is 0.152. The van der Waals surface area contributed by atoms with E-state index in [0.717, 1.165) is 5.56 Å². The molecule has 1 N–H and O–H groups in total. The quantitative estimate of drug-likeness (QED) is 0.774. The molecule has 1 aromatic carbocycles. The highest BCUT2D eigenvalue weighted by atomic mass is 16.5. The van der Waals surface area contributed by atoms with Gasteiger partial charge in [0.25, 0.3) is 0 Å². The predicted molar refractivity (Wildman–Crippen MR) is 81.9 cm³/mol. The lowest BCUT2D eigenvalue weighted by Crippen LogP contribution is -2.32. The summed E-state index contributed by atoms with van der Waals surface area (Å²) in [5.74, 6) is 0.662. The Morgan fingerprint density at radius 3 is 2.50 bits per heavy atom. The van der Waals surface area contributed by atoms with E-state index in [2.05, 4.69) is 18.2 Å². The van der Waals surface area contributed by atoms with Crippen LogP contribution in [0.1, 0.15) is 24.8 Å². The molecule has 3 nitrogen and oxygen atoms in total. The zero-order chi connectivity index (χ0) is 14.4. The van der Waals surface area contributed by atoms with Crippen LogP contribution in [0, 0.1) is 0 Å². The molecule has 0 bridgehead atoms. The van der Waals surface area contributed by atoms with Gasteiger partial charge in [-0.05, 0) is 25.0 Å². The molecule has 0 aliphatic carbocycles. The fourth-order valence-electron chi connectivity index (χ4n) is 2.48. The number of benzene rings is 1. The van der Waals surface area contributed by atoms with E-state index in [1.54, 1.807) is 12.2 Å². The van der Waals surface area contributed by atoms with E-state index in [-0.39, 0.29) is 6.04 Å². The van der Waals surface area contributed by atoms with Gasteiger partial charge in [-0.2, -0.15) is 0 Å². The Labute approximate surface area is 120 Å². The third-order valence-corrected chi connectivity index (χ3v) is 3.40. The van der Waals surface area contributed by atoms with Gasteiger partial charge in [0.15, 0.2) is 0 Å². The third kappa shape index (κ3) is 3.58. The second-order valence-corrected chi connectivity index (χ2v) is 5.18. The Hall–Kier alpha value is -1.87. The summed E-state index contributed by atoms with van der Waals surface area (Å²) in [6.07, 6.45) is 5.10. The van der Waals surface area contributed by atoms with Crippen molar-refractivity contribution < 1.29 is 9.84 Å². The highest BCUT2D eigenvalue weighted by Crippen LogP contribution is 2.26. The molecular weight excluding hydrogens is 250 g/mol. The third-order valence-electron chi connectivity index (χ3n) is 3.40. The minimum absolute atomic E-state index is 0.0184. The van der Waals surface area contributed by atoms with Crippen molar-refractivity contribution in [3.63, 3.8) is 0 Å². The van der Waals surface area contributed by atoms with Crippen molar-refractivity contribution in [2.75, 3.05) is 6.61 Å². The highest BCUT2D eigenvalue weighted by molar-refractivity contribution is 5.95. The van der Waals surface area contributed by atoms with E-state index < -0.39 is 5.60 Å². The first kappa shape index (κ1) is 14.5. The molecule has 1 aliphatic rings. The summed E-state index contributed by atoms with van der Waals surface area (Å²) in [7, 11) is 0. The molecule has 0 radical (unpaired) electrons. The molecule has 0 saturated heterocycles. The summed E-state index contributed by atoms with van der Waals surface area (Å²) in [4.78, 5) is 4.57. The number of aliphatic hydroxyl groups is 1. The maximum absolute atomic E-state index is 10.6. The molecule has 1 aliphatic heterocycles. The zero-order valence-corrected chi connectivity index (χ0v) is 11.7. The number of hydrogen-bond acceptors (Lipinski definition) is 3. The number of rotatable bonds is 7. The first-order valence-corrected chi connectivity index (χ1v) is 6.87. The smallest absolute Gasteiger partial charge is 0.216 e. The van der Waals surface area contributed by atoms with Gasteiger partial charge in [-0.15, -0.1) is 13.2 Å². The Morgan fingerprint density at radius 2 is 1.90 bits per heavy atom. The molecule has 0 unspecified atom stereocenters. The lowest BCUT2D eigenvalue weighted by molar-refractivity contribution is 0.0286. The molecule has 0 fully saturated rings. The number of hydrogen-bond donors (Lipinski definition) is 1. The SMILES string of the molecule is C=CCC(O)(CC=C)C[C@H]1COC(c2ccccc2)=N1. The van der Waals surface area contributed by atoms with E-state index in [1.165, 1.54) is 0 Å². The minimum Gasteiger partial charge on any atom is -0.475 e. The highest BCUT2D eigenvalue weighted by Gasteiger charge is 2.31. The van der Waals surface area contributed by atoms with Gasteiger partial charge in [0, 0.05) is 12.0 Å². The van der Waals surface area contributed by atoms with Gasteiger partial charge in [-0.1, -0.05) is 30.4 Å². The van der Waals surface area contributed by atoms with Crippen LogP contribution in [0.3, 0.4) is 0 Å². The lowest BCUT2D eigenvalue weighted by Gasteiger charge is -2.27. The van der Waals surface area contributed by atoms with Crippen LogP contribution in [-0.2, 0) is 4.74 Å². The molecule has 106 valence electrons. The van der Waals surface area contributed by atoms with Crippen molar-refractivity contribution in [3.8, 4) is 0 Å². The molecule has 1 atom stereocenters. The Balaban J connectivity index is 2.06. The van der Waals surface area contributed by atoms with E-state index in [9.17, 15) is 5.11 Å². The van der Waals surface area contributed by atoms with E-state index in [0.29, 0.717) is 31.8 Å². The van der Waals surface area contributed by atoms with Gasteiger partial charge in [0.05, 0.1) is 11.6 Å². The fraction of sp³-hybridized carbons (Fsp3) is 0.353. The van der Waals surface area contributed by atoms with Gasteiger partial charge in [0.2, 0.25) is 5.90 Å². The molecule has 0 aromatic heterocycles. The van der Waals surface area contributed by atoms with Crippen molar-refractivity contribution >= 4 is 5.90 Å². The molecular formula is C17H21NO2. The minimum atomic E-state index is -0.826. The van der Waals surface area contributed by atoms with E-state index in [1.807, 2.05) is 30.3 Å². The Kier molecular flexibility index (Phi) is 4.74. The standard InChI is InChI=1S/C17H21NO2/c1-3-10-17(19,11-4-2)12-15-13-20-16(18-15)14-8-6-5-7-9-14/h3-9,15,19H,1-2,10-13H2/t15-/m0/s1. The summed E-state index contributed by atoms with van der Waals surface area (Å²) in [6.45, 7) is 7.92. The van der Waals surface area contributed by atoms with Crippen LogP contribution in [0.15, 0.2) is 60.6 Å². The van der Waals surface area contributed by atoms with Crippen molar-refractivity contribution in [1.29, 1.82) is 0 Å². The Morgan fingerprint density at radius 1 is 1.25 bits per heavy atom. The van der Waals surface area contributed by atoms with Gasteiger partial charge < -0.3 is 9.84 Å². The van der Waals surface area contributed by atoms with Crippen molar-refractivity contribution in [2.24, 2.45) is 4.99 Å². The second kappa shape index (κ2) is 6.53. The van der Waals surface area contributed by atoms with Gasteiger partial charge in [0.1, 0.15) is 6.61 Å². The van der Waals surface area contributed by atoms with Crippen LogP contribution >= 0.6 is 0 Å². The average Bonchev–Trinajstić information content (AvgIpc) is 2.88. The first-order chi connectivity index (χ1) is 9.67. The van der Waals surface area contributed by atoms with Crippen LogP contribution in [0.25, 0.3) is 0 Å². The number of ether oxygens (including phenoxy) is 1. The van der Waals surface area contributed by atoms with Crippen LogP contribution in [0.2, 0.25) is 0 Å². The van der Waals surface area contributed by atoms with Crippen LogP contribution in [0.5, 0.6) is 0 Å².